The van der Waals surface area contributed by atoms with Crippen molar-refractivity contribution in [2.45, 2.75) is 13.1 Å². The quantitative estimate of drug-likeness (QED) is 0.178. The molecule has 0 radical (unpaired) electrons. The molecular weight excluding hydrogens is 649 g/mol. The number of rotatable bonds is 7. The van der Waals surface area contributed by atoms with Gasteiger partial charge in [-0.1, -0.05) is 54.6 Å². The van der Waals surface area contributed by atoms with Crippen LogP contribution in [-0.2, 0) is 13.1 Å². The average Bonchev–Trinajstić information content (AvgIpc) is 3.20. The van der Waals surface area contributed by atoms with Gasteiger partial charge in [0.1, 0.15) is 0 Å². The number of hydrogen-bond donors (Lipinski definition) is 0. The van der Waals surface area contributed by atoms with Crippen molar-refractivity contribution >= 4 is 33.0 Å². The number of hydrogen-bond acceptors (Lipinski definition) is 8. The Labute approximate surface area is 296 Å². The molecule has 9 aromatic rings. The number of para-hydroxylation sites is 1. The van der Waals surface area contributed by atoms with Gasteiger partial charge in [0.2, 0.25) is 0 Å². The molecule has 0 spiro atoms. The SMILES string of the molecule is O=c1cnc2ccncc2n1Cc1cccc(-c2cnc3c(-c4cc5ncc(=O)n(Cc6cccc(-c7ccncc7)c6)c5cn4)cccc3c2)c1. The summed E-state index contributed by atoms with van der Waals surface area (Å²) < 4.78 is 3.39. The van der Waals surface area contributed by atoms with E-state index in [1.807, 2.05) is 79.0 Å². The Balaban J connectivity index is 1.03. The van der Waals surface area contributed by atoms with E-state index in [1.54, 1.807) is 46.2 Å². The van der Waals surface area contributed by atoms with Gasteiger partial charge < -0.3 is 0 Å². The van der Waals surface area contributed by atoms with Gasteiger partial charge in [0.25, 0.3) is 11.1 Å². The number of fused-ring (bicyclic) bond motifs is 3. The molecule has 0 fully saturated rings. The molecule has 10 heteroatoms. The summed E-state index contributed by atoms with van der Waals surface area (Å²) in [5, 5.41) is 0.955. The van der Waals surface area contributed by atoms with Crippen LogP contribution in [0.5, 0.6) is 0 Å². The molecule has 0 aliphatic carbocycles. The lowest BCUT2D eigenvalue weighted by molar-refractivity contribution is 0.785. The number of pyridine rings is 4. The summed E-state index contributed by atoms with van der Waals surface area (Å²) in [7, 11) is 0. The van der Waals surface area contributed by atoms with Gasteiger partial charge in [0.05, 0.1) is 71.2 Å². The Morgan fingerprint density at radius 2 is 1.13 bits per heavy atom. The van der Waals surface area contributed by atoms with E-state index in [1.165, 1.54) is 12.4 Å². The third kappa shape index (κ3) is 5.77. The van der Waals surface area contributed by atoms with Crippen LogP contribution in [0, 0.1) is 0 Å². The summed E-state index contributed by atoms with van der Waals surface area (Å²) in [5.41, 5.74) is 10.7. The summed E-state index contributed by atoms with van der Waals surface area (Å²) in [4.78, 5) is 52.6. The first-order valence-electron chi connectivity index (χ1n) is 16.7. The molecule has 0 saturated carbocycles. The zero-order valence-corrected chi connectivity index (χ0v) is 27.7. The number of nitrogens with zero attached hydrogens (tertiary/aromatic N) is 8. The van der Waals surface area contributed by atoms with Crippen LogP contribution in [0.25, 0.3) is 66.5 Å². The Bertz CT molecular complexity index is 2920. The Morgan fingerprint density at radius 1 is 0.481 bits per heavy atom. The van der Waals surface area contributed by atoms with Crippen molar-refractivity contribution in [1.29, 1.82) is 0 Å². The Morgan fingerprint density at radius 3 is 1.88 bits per heavy atom. The first kappa shape index (κ1) is 30.8. The van der Waals surface area contributed by atoms with E-state index in [-0.39, 0.29) is 11.1 Å². The van der Waals surface area contributed by atoms with Crippen molar-refractivity contribution in [3.05, 3.63) is 178 Å². The van der Waals surface area contributed by atoms with Crippen LogP contribution in [0.4, 0.5) is 0 Å². The fourth-order valence-electron chi connectivity index (χ4n) is 6.68. The van der Waals surface area contributed by atoms with Gasteiger partial charge in [0, 0.05) is 41.3 Å². The normalized spacial score (nSPS) is 11.4. The van der Waals surface area contributed by atoms with E-state index < -0.39 is 0 Å². The Hall–Kier alpha value is -7.20. The highest BCUT2D eigenvalue weighted by Gasteiger charge is 2.13. The van der Waals surface area contributed by atoms with Crippen molar-refractivity contribution in [1.82, 2.24) is 39.0 Å². The van der Waals surface area contributed by atoms with E-state index in [9.17, 15) is 9.59 Å². The maximum atomic E-state index is 13.1. The summed E-state index contributed by atoms with van der Waals surface area (Å²) in [5.74, 6) is 0. The van der Waals surface area contributed by atoms with Crippen LogP contribution >= 0.6 is 0 Å². The summed E-state index contributed by atoms with van der Waals surface area (Å²) in [6, 6.07) is 32.0. The molecular formula is C42H28N8O2. The molecule has 9 rings (SSSR count). The predicted molar refractivity (Wildman–Crippen MR) is 202 cm³/mol. The predicted octanol–water partition coefficient (Wildman–Crippen LogP) is 6.94. The second kappa shape index (κ2) is 12.9. The maximum absolute atomic E-state index is 13.1. The number of benzene rings is 3. The standard InChI is InChI=1S/C42H28N8O2/c51-40-23-46-35-12-15-44-21-38(35)49(40)25-28-5-2-7-31(17-28)33-18-32-8-3-9-34(42(32)48-20-33)36-19-37-39(22-45-36)50(41(52)24-47-37)26-27-4-1-6-30(16-27)29-10-13-43-14-11-29/h1-24H,25-26H2. The molecule has 6 heterocycles. The van der Waals surface area contributed by atoms with E-state index in [2.05, 4.69) is 38.1 Å². The molecule has 0 atom stereocenters. The van der Waals surface area contributed by atoms with Gasteiger partial charge in [-0.2, -0.15) is 0 Å². The lowest BCUT2D eigenvalue weighted by Crippen LogP contribution is -2.21. The lowest BCUT2D eigenvalue weighted by Gasteiger charge is -2.13. The van der Waals surface area contributed by atoms with Gasteiger partial charge in [0.15, 0.2) is 0 Å². The van der Waals surface area contributed by atoms with Crippen molar-refractivity contribution in [3.63, 3.8) is 0 Å². The van der Waals surface area contributed by atoms with Gasteiger partial charge in [-0.25, -0.2) is 9.97 Å². The van der Waals surface area contributed by atoms with Crippen LogP contribution in [0.1, 0.15) is 11.1 Å². The minimum Gasteiger partial charge on any atom is -0.300 e. The van der Waals surface area contributed by atoms with Gasteiger partial charge in [-0.05, 0) is 70.3 Å². The van der Waals surface area contributed by atoms with Crippen molar-refractivity contribution in [3.8, 4) is 33.5 Å². The Kier molecular flexibility index (Phi) is 7.66. The third-order valence-corrected chi connectivity index (χ3v) is 9.25. The first-order chi connectivity index (χ1) is 25.6. The number of aromatic nitrogens is 8. The maximum Gasteiger partial charge on any atom is 0.269 e. The van der Waals surface area contributed by atoms with Gasteiger partial charge in [-0.3, -0.25) is 38.7 Å². The highest BCUT2D eigenvalue weighted by Crippen LogP contribution is 2.31. The summed E-state index contributed by atoms with van der Waals surface area (Å²) in [6.45, 7) is 0.765. The van der Waals surface area contributed by atoms with Gasteiger partial charge >= 0.3 is 0 Å². The molecule has 3 aromatic carbocycles. The molecule has 10 nitrogen and oxygen atoms in total. The van der Waals surface area contributed by atoms with E-state index >= 15 is 0 Å². The topological polar surface area (TPSA) is 121 Å². The van der Waals surface area contributed by atoms with Crippen molar-refractivity contribution in [2.75, 3.05) is 0 Å². The molecule has 0 bridgehead atoms. The summed E-state index contributed by atoms with van der Waals surface area (Å²) in [6.07, 6.45) is 13.2. The van der Waals surface area contributed by atoms with Crippen LogP contribution in [-0.4, -0.2) is 39.0 Å². The fraction of sp³-hybridized carbons (Fsp3) is 0.0476. The second-order valence-electron chi connectivity index (χ2n) is 12.5. The molecule has 0 aliphatic rings. The van der Waals surface area contributed by atoms with E-state index in [0.717, 1.165) is 55.4 Å². The van der Waals surface area contributed by atoms with Crippen molar-refractivity contribution < 1.29 is 0 Å². The summed E-state index contributed by atoms with van der Waals surface area (Å²) >= 11 is 0. The molecule has 0 amide bonds. The van der Waals surface area contributed by atoms with Gasteiger partial charge in [-0.15, -0.1) is 0 Å². The largest absolute Gasteiger partial charge is 0.300 e. The fourth-order valence-corrected chi connectivity index (χ4v) is 6.68. The minimum absolute atomic E-state index is 0.182. The highest BCUT2D eigenvalue weighted by atomic mass is 16.1. The zero-order valence-electron chi connectivity index (χ0n) is 27.7. The second-order valence-corrected chi connectivity index (χ2v) is 12.5. The molecule has 0 N–H and O–H groups in total. The highest BCUT2D eigenvalue weighted by molar-refractivity contribution is 5.96. The smallest absolute Gasteiger partial charge is 0.269 e. The molecule has 0 unspecified atom stereocenters. The molecule has 0 saturated heterocycles. The van der Waals surface area contributed by atoms with Crippen LogP contribution in [0.15, 0.2) is 156 Å². The molecule has 6 aromatic heterocycles. The third-order valence-electron chi connectivity index (χ3n) is 9.25. The van der Waals surface area contributed by atoms with Crippen molar-refractivity contribution in [2.24, 2.45) is 0 Å². The van der Waals surface area contributed by atoms with E-state index in [4.69, 9.17) is 9.97 Å². The minimum atomic E-state index is -0.196. The molecule has 52 heavy (non-hydrogen) atoms. The van der Waals surface area contributed by atoms with Crippen LogP contribution < -0.4 is 11.1 Å². The zero-order chi connectivity index (χ0) is 35.0. The monoisotopic (exact) mass is 676 g/mol. The van der Waals surface area contributed by atoms with Crippen LogP contribution in [0.3, 0.4) is 0 Å². The molecule has 248 valence electrons. The lowest BCUT2D eigenvalue weighted by atomic mass is 10.0. The van der Waals surface area contributed by atoms with E-state index in [0.29, 0.717) is 35.3 Å². The molecule has 0 aliphatic heterocycles. The van der Waals surface area contributed by atoms with Crippen LogP contribution in [0.2, 0.25) is 0 Å². The first-order valence-corrected chi connectivity index (χ1v) is 16.7. The average molecular weight is 677 g/mol.